The van der Waals surface area contributed by atoms with Crippen molar-refractivity contribution in [3.8, 4) is 11.5 Å². The number of hydrogen-bond donors (Lipinski definition) is 0. The predicted octanol–water partition coefficient (Wildman–Crippen LogP) is 6.69. The van der Waals surface area contributed by atoms with E-state index in [2.05, 4.69) is 4.90 Å². The van der Waals surface area contributed by atoms with Crippen molar-refractivity contribution in [2.75, 3.05) is 27.4 Å². The van der Waals surface area contributed by atoms with Gasteiger partial charge in [0.05, 0.1) is 12.1 Å². The molecule has 5 rings (SSSR count). The van der Waals surface area contributed by atoms with Crippen LogP contribution in [0.15, 0.2) is 58.9 Å². The number of allylic oxidation sites excluding steroid dienone is 4. The minimum absolute atomic E-state index is 0.109. The van der Waals surface area contributed by atoms with Gasteiger partial charge in [0.15, 0.2) is 23.1 Å². The zero-order valence-corrected chi connectivity index (χ0v) is 23.7. The zero-order valence-electron chi connectivity index (χ0n) is 23.0. The van der Waals surface area contributed by atoms with Crippen molar-refractivity contribution in [3.05, 3.63) is 80.7 Å². The Hall–Kier alpha value is -3.09. The largest absolute Gasteiger partial charge is 0.493 e. The quantitative estimate of drug-likeness (QED) is 0.325. The Morgan fingerprint density at radius 1 is 0.923 bits per heavy atom. The normalized spacial score (nSPS) is 17.9. The summed E-state index contributed by atoms with van der Waals surface area (Å²) < 4.78 is 17.2. The van der Waals surface area contributed by atoms with Gasteiger partial charge in [0.25, 0.3) is 0 Å². The fourth-order valence-electron chi connectivity index (χ4n) is 6.07. The highest BCUT2D eigenvalue weighted by Crippen LogP contribution is 2.51. The Labute approximate surface area is 235 Å². The van der Waals surface area contributed by atoms with Crippen LogP contribution in [0.2, 0.25) is 5.02 Å². The van der Waals surface area contributed by atoms with Gasteiger partial charge in [-0.1, -0.05) is 41.4 Å². The molecule has 0 unspecified atom stereocenters. The monoisotopic (exact) mass is 549 g/mol. The Bertz CT molecular complexity index is 1280. The number of benzene rings is 2. The maximum Gasteiger partial charge on any atom is 0.180 e. The minimum atomic E-state index is -0.452. The molecule has 2 aromatic rings. The number of aryl methyl sites for hydroxylation is 1. The molecule has 1 heterocycles. The van der Waals surface area contributed by atoms with Gasteiger partial charge in [0.2, 0.25) is 0 Å². The van der Waals surface area contributed by atoms with Crippen LogP contribution in [-0.2, 0) is 20.9 Å². The van der Waals surface area contributed by atoms with Crippen LogP contribution < -0.4 is 9.47 Å². The molecule has 7 heteroatoms. The first-order valence-electron chi connectivity index (χ1n) is 13.8. The van der Waals surface area contributed by atoms with Gasteiger partial charge in [0, 0.05) is 61.6 Å². The number of hydrogen-bond acceptors (Lipinski definition) is 6. The number of ketones is 2. The summed E-state index contributed by atoms with van der Waals surface area (Å²) in [5, 5.41) is 0.398. The molecule has 2 aliphatic carbocycles. The second-order valence-electron chi connectivity index (χ2n) is 10.5. The zero-order chi connectivity index (χ0) is 27.5. The average Bonchev–Trinajstić information content (AvgIpc) is 2.93. The van der Waals surface area contributed by atoms with Crippen LogP contribution >= 0.6 is 11.6 Å². The van der Waals surface area contributed by atoms with Crippen molar-refractivity contribution in [2.24, 2.45) is 0 Å². The summed E-state index contributed by atoms with van der Waals surface area (Å²) in [6.45, 7) is 3.75. The number of ether oxygens (including phenoxy) is 3. The summed E-state index contributed by atoms with van der Waals surface area (Å²) in [7, 11) is 3.28. The molecule has 206 valence electrons. The third kappa shape index (κ3) is 5.50. The van der Waals surface area contributed by atoms with Crippen LogP contribution in [0.3, 0.4) is 0 Å². The number of rotatable bonds is 9. The van der Waals surface area contributed by atoms with E-state index in [0.717, 1.165) is 72.3 Å². The van der Waals surface area contributed by atoms with Gasteiger partial charge in [0.1, 0.15) is 6.61 Å². The topological polar surface area (TPSA) is 65.1 Å². The molecule has 0 radical (unpaired) electrons. The molecule has 0 saturated carbocycles. The van der Waals surface area contributed by atoms with Crippen LogP contribution in [0, 0.1) is 6.92 Å². The van der Waals surface area contributed by atoms with E-state index in [4.69, 9.17) is 25.8 Å². The molecule has 0 bridgehead atoms. The van der Waals surface area contributed by atoms with Crippen LogP contribution in [0.4, 0.5) is 0 Å². The predicted molar refractivity (Wildman–Crippen MR) is 151 cm³/mol. The maximum absolute atomic E-state index is 13.5. The summed E-state index contributed by atoms with van der Waals surface area (Å²) in [5.74, 6) is 0.707. The lowest BCUT2D eigenvalue weighted by molar-refractivity contribution is -0.117. The summed E-state index contributed by atoms with van der Waals surface area (Å²) in [6.07, 6.45) is 5.07. The first-order valence-corrected chi connectivity index (χ1v) is 14.2. The van der Waals surface area contributed by atoms with Gasteiger partial charge in [-0.15, -0.1) is 0 Å². The van der Waals surface area contributed by atoms with Gasteiger partial charge < -0.3 is 19.1 Å². The second kappa shape index (κ2) is 12.0. The Morgan fingerprint density at radius 3 is 2.15 bits per heavy atom. The highest BCUT2D eigenvalue weighted by atomic mass is 35.5. The fraction of sp³-hybridized carbons (Fsp3) is 0.438. The molecule has 0 aromatic heterocycles. The number of carbonyl (C=O) groups excluding carboxylic acids is 2. The summed E-state index contributed by atoms with van der Waals surface area (Å²) in [4.78, 5) is 29.3. The van der Waals surface area contributed by atoms with Crippen LogP contribution in [0.5, 0.6) is 11.5 Å². The molecule has 0 spiro atoms. The number of carbonyl (C=O) groups is 2. The molecule has 0 fully saturated rings. The van der Waals surface area contributed by atoms with E-state index >= 15 is 0 Å². The first kappa shape index (κ1) is 27.5. The smallest absolute Gasteiger partial charge is 0.180 e. The molecular formula is C32H36ClNO5. The van der Waals surface area contributed by atoms with E-state index in [-0.39, 0.29) is 11.6 Å². The van der Waals surface area contributed by atoms with Crippen LogP contribution in [0.25, 0.3) is 0 Å². The van der Waals surface area contributed by atoms with Crippen molar-refractivity contribution >= 4 is 23.2 Å². The molecule has 0 amide bonds. The van der Waals surface area contributed by atoms with Gasteiger partial charge in [-0.25, -0.2) is 0 Å². The lowest BCUT2D eigenvalue weighted by atomic mass is 9.71. The Morgan fingerprint density at radius 2 is 1.56 bits per heavy atom. The van der Waals surface area contributed by atoms with E-state index < -0.39 is 5.92 Å². The number of halogens is 1. The van der Waals surface area contributed by atoms with Crippen molar-refractivity contribution in [1.29, 1.82) is 0 Å². The molecule has 2 aromatic carbocycles. The summed E-state index contributed by atoms with van der Waals surface area (Å²) in [5.41, 5.74) is 6.57. The average molecular weight is 550 g/mol. The highest BCUT2D eigenvalue weighted by molar-refractivity contribution is 6.32. The number of methoxy groups -OCH3 is 2. The second-order valence-corrected chi connectivity index (χ2v) is 10.9. The molecule has 0 atom stereocenters. The van der Waals surface area contributed by atoms with Crippen molar-refractivity contribution in [1.82, 2.24) is 4.90 Å². The molecule has 3 aliphatic rings. The summed E-state index contributed by atoms with van der Waals surface area (Å²) >= 11 is 6.83. The molecule has 1 aliphatic heterocycles. The highest BCUT2D eigenvalue weighted by Gasteiger charge is 2.43. The molecule has 0 saturated heterocycles. The lowest BCUT2D eigenvalue weighted by Gasteiger charge is -2.44. The van der Waals surface area contributed by atoms with E-state index in [1.165, 1.54) is 5.56 Å². The van der Waals surface area contributed by atoms with Crippen molar-refractivity contribution in [2.45, 2.75) is 64.4 Å². The van der Waals surface area contributed by atoms with Crippen molar-refractivity contribution in [3.63, 3.8) is 0 Å². The van der Waals surface area contributed by atoms with Gasteiger partial charge in [-0.05, 0) is 62.3 Å². The maximum atomic E-state index is 13.5. The number of Topliss-reactive ketones (excluding diaryl/α,β-unsaturated/α-hetero) is 2. The van der Waals surface area contributed by atoms with Gasteiger partial charge >= 0.3 is 0 Å². The Kier molecular flexibility index (Phi) is 8.43. The third-order valence-corrected chi connectivity index (χ3v) is 8.19. The standard InChI is InChI=1S/C32H36ClNO5/c1-20-11-13-21(14-12-20)19-39-32-23(33)17-22(18-28(32)38-3)29-30-24(7-4-9-26(30)35)34(15-6-16-37-2)25-8-5-10-27(36)31(25)29/h11-14,17-18,29H,4-10,15-16,19H2,1-3H3. The lowest BCUT2D eigenvalue weighted by Crippen LogP contribution is -2.39. The van der Waals surface area contributed by atoms with E-state index in [1.807, 2.05) is 43.3 Å². The first-order chi connectivity index (χ1) is 18.9. The SMILES string of the molecule is COCCCN1C2=C(C(=O)CCC2)C(c2cc(Cl)c(OCc3ccc(C)cc3)c(OC)c2)C2=C1CCCC2=O. The van der Waals surface area contributed by atoms with Crippen molar-refractivity contribution < 1.29 is 23.8 Å². The Balaban J connectivity index is 1.57. The van der Waals surface area contributed by atoms with E-state index in [0.29, 0.717) is 42.6 Å². The summed E-state index contributed by atoms with van der Waals surface area (Å²) in [6, 6.07) is 11.9. The molecule has 6 nitrogen and oxygen atoms in total. The molecule has 0 N–H and O–H groups in total. The van der Waals surface area contributed by atoms with E-state index in [9.17, 15) is 9.59 Å². The molecular weight excluding hydrogens is 514 g/mol. The molecule has 39 heavy (non-hydrogen) atoms. The minimum Gasteiger partial charge on any atom is -0.493 e. The number of nitrogens with zero attached hydrogens (tertiary/aromatic N) is 1. The van der Waals surface area contributed by atoms with Gasteiger partial charge in [-0.3, -0.25) is 9.59 Å². The van der Waals surface area contributed by atoms with Crippen LogP contribution in [-0.4, -0.2) is 43.8 Å². The van der Waals surface area contributed by atoms with Gasteiger partial charge in [-0.2, -0.15) is 0 Å². The van der Waals surface area contributed by atoms with E-state index in [1.54, 1.807) is 14.2 Å². The third-order valence-electron chi connectivity index (χ3n) is 7.91. The van der Waals surface area contributed by atoms with Crippen LogP contribution in [0.1, 0.15) is 67.6 Å². The fourth-order valence-corrected chi connectivity index (χ4v) is 6.35.